The van der Waals surface area contributed by atoms with Crippen molar-refractivity contribution >= 4 is 34.0 Å². The number of benzene rings is 1. The highest BCUT2D eigenvalue weighted by Gasteiger charge is 2.23. The lowest BCUT2D eigenvalue weighted by atomic mass is 9.96. The van der Waals surface area contributed by atoms with Gasteiger partial charge in [-0.3, -0.25) is 14.5 Å². The molecule has 0 unspecified atom stereocenters. The second-order valence-corrected chi connectivity index (χ2v) is 10.2. The second kappa shape index (κ2) is 9.73. The number of carbonyl (C=O) groups is 2. The van der Waals surface area contributed by atoms with E-state index < -0.39 is 17.3 Å². The fourth-order valence-corrected chi connectivity index (χ4v) is 4.92. The molecule has 0 spiro atoms. The highest BCUT2D eigenvalue weighted by molar-refractivity contribution is 7.19. The predicted molar refractivity (Wildman–Crippen MR) is 134 cm³/mol. The lowest BCUT2D eigenvalue weighted by Crippen LogP contribution is -2.48. The summed E-state index contributed by atoms with van der Waals surface area (Å²) in [6.07, 6.45) is 0. The van der Waals surface area contributed by atoms with E-state index in [1.165, 1.54) is 17.4 Å². The van der Waals surface area contributed by atoms with Crippen LogP contribution >= 0.6 is 11.3 Å². The molecule has 10 heteroatoms. The third-order valence-electron chi connectivity index (χ3n) is 5.91. The van der Waals surface area contributed by atoms with Crippen LogP contribution in [0.4, 0.5) is 15.2 Å². The first kappa shape index (κ1) is 24.8. The zero-order valence-corrected chi connectivity index (χ0v) is 20.7. The number of likely N-dealkylation sites (N-methyl/N-ethyl adjacent to an activating group) is 1. The van der Waals surface area contributed by atoms with Crippen molar-refractivity contribution in [2.45, 2.75) is 26.0 Å². The van der Waals surface area contributed by atoms with Gasteiger partial charge in [-0.15, -0.1) is 11.3 Å². The largest absolute Gasteiger partial charge is 0.386 e. The number of piperazine rings is 1. The first-order chi connectivity index (χ1) is 16.5. The number of carbonyl (C=O) groups excluding carboxylic acids is 2. The molecular formula is C25H28FN5O3S. The lowest BCUT2D eigenvalue weighted by Gasteiger charge is -2.31. The molecule has 0 bridgehead atoms. The van der Waals surface area contributed by atoms with Gasteiger partial charge in [-0.25, -0.2) is 9.37 Å². The molecule has 0 radical (unpaired) electrons. The number of aliphatic hydroxyl groups is 1. The number of amides is 2. The van der Waals surface area contributed by atoms with Crippen molar-refractivity contribution < 1.29 is 19.1 Å². The quantitative estimate of drug-likeness (QED) is 0.462. The van der Waals surface area contributed by atoms with Crippen molar-refractivity contribution in [1.29, 1.82) is 0 Å². The number of primary amides is 1. The highest BCUT2D eigenvalue weighted by atomic mass is 32.1. The van der Waals surface area contributed by atoms with Crippen LogP contribution in [0.3, 0.4) is 0 Å². The summed E-state index contributed by atoms with van der Waals surface area (Å²) in [5.74, 6) is -0.562. The summed E-state index contributed by atoms with van der Waals surface area (Å²) in [4.78, 5) is 33.0. The number of rotatable bonds is 7. The lowest BCUT2D eigenvalue weighted by molar-refractivity contribution is -0.134. The smallest absolute Gasteiger partial charge is 0.251 e. The molecule has 8 nitrogen and oxygen atoms in total. The van der Waals surface area contributed by atoms with Gasteiger partial charge in [0.25, 0.3) is 5.91 Å². The third-order valence-corrected chi connectivity index (χ3v) is 6.99. The first-order valence-corrected chi connectivity index (χ1v) is 12.0. The number of hydrogen-bond acceptors (Lipinski definition) is 7. The van der Waals surface area contributed by atoms with Crippen LogP contribution in [0.1, 0.15) is 35.5 Å². The van der Waals surface area contributed by atoms with Gasteiger partial charge >= 0.3 is 0 Å². The molecule has 2 aromatic heterocycles. The van der Waals surface area contributed by atoms with Crippen LogP contribution in [0.5, 0.6) is 0 Å². The van der Waals surface area contributed by atoms with Gasteiger partial charge in [0.1, 0.15) is 16.6 Å². The van der Waals surface area contributed by atoms with E-state index in [4.69, 9.17) is 5.73 Å². The van der Waals surface area contributed by atoms with Crippen molar-refractivity contribution in [3.05, 3.63) is 65.1 Å². The van der Waals surface area contributed by atoms with Gasteiger partial charge in [-0.2, -0.15) is 0 Å². The summed E-state index contributed by atoms with van der Waals surface area (Å²) in [5, 5.41) is 13.7. The average Bonchev–Trinajstić information content (AvgIpc) is 3.19. The summed E-state index contributed by atoms with van der Waals surface area (Å²) in [7, 11) is 1.79. The molecule has 1 aliphatic heterocycles. The fourth-order valence-electron chi connectivity index (χ4n) is 3.82. The van der Waals surface area contributed by atoms with E-state index in [-0.39, 0.29) is 11.5 Å². The molecule has 0 aliphatic carbocycles. The molecule has 35 heavy (non-hydrogen) atoms. The minimum absolute atomic E-state index is 0.0746. The Bertz CT molecular complexity index is 1270. The van der Waals surface area contributed by atoms with Crippen LogP contribution in [0.25, 0.3) is 10.4 Å². The van der Waals surface area contributed by atoms with Crippen molar-refractivity contribution in [3.63, 3.8) is 0 Å². The molecule has 4 rings (SSSR count). The average molecular weight is 498 g/mol. The van der Waals surface area contributed by atoms with E-state index in [1.54, 1.807) is 50.1 Å². The maximum absolute atomic E-state index is 14.9. The molecule has 3 aromatic rings. The minimum atomic E-state index is -1.17. The van der Waals surface area contributed by atoms with E-state index in [9.17, 15) is 19.1 Å². The Balaban J connectivity index is 1.57. The predicted octanol–water partition coefficient (Wildman–Crippen LogP) is 3.29. The highest BCUT2D eigenvalue weighted by Crippen LogP contribution is 2.38. The van der Waals surface area contributed by atoms with E-state index >= 15 is 0 Å². The van der Waals surface area contributed by atoms with Crippen LogP contribution in [0, 0.1) is 5.82 Å². The van der Waals surface area contributed by atoms with Crippen LogP contribution in [-0.2, 0) is 16.9 Å². The summed E-state index contributed by atoms with van der Waals surface area (Å²) >= 11 is 1.19. The van der Waals surface area contributed by atoms with Crippen LogP contribution in [-0.4, -0.2) is 58.4 Å². The Labute approximate surface area is 207 Å². The first-order valence-electron chi connectivity index (χ1n) is 11.2. The van der Waals surface area contributed by atoms with Crippen molar-refractivity contribution in [2.75, 3.05) is 32.0 Å². The Morgan fingerprint density at radius 2 is 2.03 bits per heavy atom. The third kappa shape index (κ3) is 5.67. The van der Waals surface area contributed by atoms with Crippen LogP contribution in [0.2, 0.25) is 0 Å². The molecular weight excluding hydrogens is 469 g/mol. The van der Waals surface area contributed by atoms with E-state index in [0.717, 1.165) is 12.2 Å². The molecule has 0 atom stereocenters. The van der Waals surface area contributed by atoms with Crippen molar-refractivity contribution in [3.8, 4) is 10.4 Å². The van der Waals surface area contributed by atoms with Crippen molar-refractivity contribution in [2.24, 2.45) is 5.73 Å². The van der Waals surface area contributed by atoms with E-state index in [2.05, 4.69) is 10.3 Å². The Morgan fingerprint density at radius 1 is 1.26 bits per heavy atom. The molecule has 1 aromatic carbocycles. The van der Waals surface area contributed by atoms with Gasteiger partial charge in [-0.1, -0.05) is 18.2 Å². The zero-order chi connectivity index (χ0) is 25.3. The maximum Gasteiger partial charge on any atom is 0.251 e. The Hall–Kier alpha value is -3.34. The number of thiophene rings is 1. The van der Waals surface area contributed by atoms with Gasteiger partial charge in [0.05, 0.1) is 23.4 Å². The summed E-state index contributed by atoms with van der Waals surface area (Å²) in [6, 6.07) is 11.6. The number of anilines is 2. The van der Waals surface area contributed by atoms with Gasteiger partial charge in [0, 0.05) is 37.1 Å². The summed E-state index contributed by atoms with van der Waals surface area (Å²) < 4.78 is 14.9. The molecule has 1 fully saturated rings. The van der Waals surface area contributed by atoms with Gasteiger partial charge in [0.2, 0.25) is 5.91 Å². The number of aromatic nitrogens is 1. The Morgan fingerprint density at radius 3 is 2.69 bits per heavy atom. The standard InChI is InChI=1S/C25H28FN5O3S/c1-25(2,34)15-7-8-17(19(26)11-15)20-12-18(23(27)33)24(35-20)29-21-6-4-5-16(28-21)13-31-10-9-30(3)22(32)14-31/h4-8,11-12,34H,9-10,13-14H2,1-3H3,(H2,27,33)(H,28,29). The molecule has 4 N–H and O–H groups in total. The molecule has 3 heterocycles. The molecule has 1 aliphatic rings. The van der Waals surface area contributed by atoms with E-state index in [0.29, 0.717) is 46.5 Å². The monoisotopic (exact) mass is 497 g/mol. The zero-order valence-electron chi connectivity index (χ0n) is 19.8. The van der Waals surface area contributed by atoms with Gasteiger partial charge < -0.3 is 21.1 Å². The molecule has 184 valence electrons. The number of halogens is 1. The Kier molecular flexibility index (Phi) is 6.88. The van der Waals surface area contributed by atoms with E-state index in [1.807, 2.05) is 17.0 Å². The summed E-state index contributed by atoms with van der Waals surface area (Å²) in [6.45, 7) is 5.47. The SMILES string of the molecule is CN1CCN(Cc2cccc(Nc3sc(-c4ccc(C(C)(C)O)cc4F)cc3C(N)=O)n2)CC1=O. The second-order valence-electron chi connectivity index (χ2n) is 9.14. The normalized spacial score (nSPS) is 14.9. The molecule has 2 amide bonds. The topological polar surface area (TPSA) is 112 Å². The van der Waals surface area contributed by atoms with Crippen LogP contribution in [0.15, 0.2) is 42.5 Å². The summed E-state index contributed by atoms with van der Waals surface area (Å²) in [5.41, 5.74) is 6.18. The number of nitrogens with one attached hydrogen (secondary N) is 1. The number of nitrogens with zero attached hydrogens (tertiary/aromatic N) is 3. The number of hydrogen-bond donors (Lipinski definition) is 3. The molecule has 0 saturated carbocycles. The minimum Gasteiger partial charge on any atom is -0.386 e. The maximum atomic E-state index is 14.9. The van der Waals surface area contributed by atoms with Gasteiger partial charge in [-0.05, 0) is 43.7 Å². The van der Waals surface area contributed by atoms with Crippen LogP contribution < -0.4 is 11.1 Å². The van der Waals surface area contributed by atoms with Gasteiger partial charge in [0.15, 0.2) is 0 Å². The number of pyridine rings is 1. The fraction of sp³-hybridized carbons (Fsp3) is 0.320. The van der Waals surface area contributed by atoms with Crippen molar-refractivity contribution in [1.82, 2.24) is 14.8 Å². The number of nitrogens with two attached hydrogens (primary N) is 1. The molecule has 1 saturated heterocycles.